The summed E-state index contributed by atoms with van der Waals surface area (Å²) in [7, 11) is 0. The van der Waals surface area contributed by atoms with Crippen LogP contribution < -0.4 is 9.47 Å². The predicted octanol–water partition coefficient (Wildman–Crippen LogP) is 5.20. The molecular weight excluding hydrogens is 288 g/mol. The Labute approximate surface area is 122 Å². The maximum Gasteiger partial charge on any atom is 0.422 e. The molecule has 0 saturated carbocycles. The number of hydrogen-bond donors (Lipinski definition) is 0. The van der Waals surface area contributed by atoms with E-state index in [9.17, 15) is 17.6 Å². The zero-order chi connectivity index (χ0) is 15.9. The van der Waals surface area contributed by atoms with E-state index in [1.807, 2.05) is 13.8 Å². The lowest BCUT2D eigenvalue weighted by atomic mass is 10.1. The molecule has 0 unspecified atom stereocenters. The van der Waals surface area contributed by atoms with Crippen molar-refractivity contribution in [1.82, 2.24) is 0 Å². The summed E-state index contributed by atoms with van der Waals surface area (Å²) in [4.78, 5) is 0. The zero-order valence-corrected chi connectivity index (χ0v) is 12.2. The van der Waals surface area contributed by atoms with Gasteiger partial charge in [-0.05, 0) is 25.0 Å². The lowest BCUT2D eigenvalue weighted by molar-refractivity contribution is -0.141. The molecule has 0 bridgehead atoms. The van der Waals surface area contributed by atoms with Crippen LogP contribution in [0.4, 0.5) is 17.6 Å². The Hall–Kier alpha value is -1.46. The minimum Gasteiger partial charge on any atom is -0.493 e. The smallest absolute Gasteiger partial charge is 0.422 e. The molecule has 0 fully saturated rings. The van der Waals surface area contributed by atoms with Gasteiger partial charge < -0.3 is 9.47 Å². The number of hydrogen-bond acceptors (Lipinski definition) is 2. The van der Waals surface area contributed by atoms with Crippen molar-refractivity contribution in [3.8, 4) is 11.5 Å². The van der Waals surface area contributed by atoms with Crippen LogP contribution >= 0.6 is 0 Å². The number of ether oxygens (including phenoxy) is 2. The predicted molar refractivity (Wildman–Crippen MR) is 72.2 cm³/mol. The van der Waals surface area contributed by atoms with Gasteiger partial charge in [-0.15, -0.1) is 0 Å². The van der Waals surface area contributed by atoms with Gasteiger partial charge in [0, 0.05) is 0 Å². The maximum absolute atomic E-state index is 14.0. The van der Waals surface area contributed by atoms with E-state index < -0.39 is 29.1 Å². The van der Waals surface area contributed by atoms with Crippen LogP contribution in [-0.4, -0.2) is 13.2 Å². The standard InChI is InChI=1S/C15H20F4O2/c1-3-5-9-20-11-7-8-12(21-10-6-4-2)14(16)13(11)15(17,18)19/h7-8H,3-6,9-10H2,1-2H3. The topological polar surface area (TPSA) is 18.5 Å². The molecule has 0 heterocycles. The van der Waals surface area contributed by atoms with Crippen molar-refractivity contribution in [2.45, 2.75) is 45.7 Å². The average molecular weight is 308 g/mol. The van der Waals surface area contributed by atoms with Crippen LogP contribution in [0.2, 0.25) is 0 Å². The molecule has 6 heteroatoms. The van der Waals surface area contributed by atoms with Crippen LogP contribution in [0.15, 0.2) is 12.1 Å². The van der Waals surface area contributed by atoms with Gasteiger partial charge in [-0.3, -0.25) is 0 Å². The molecule has 0 aliphatic heterocycles. The number of benzene rings is 1. The maximum atomic E-state index is 14.0. The van der Waals surface area contributed by atoms with Crippen molar-refractivity contribution >= 4 is 0 Å². The second-order valence-corrected chi connectivity index (χ2v) is 4.65. The van der Waals surface area contributed by atoms with Gasteiger partial charge in [0.25, 0.3) is 0 Å². The molecule has 0 saturated heterocycles. The summed E-state index contributed by atoms with van der Waals surface area (Å²) in [5.41, 5.74) is -1.40. The van der Waals surface area contributed by atoms with E-state index in [2.05, 4.69) is 0 Å². The van der Waals surface area contributed by atoms with Crippen LogP contribution in [0.25, 0.3) is 0 Å². The van der Waals surface area contributed by atoms with Gasteiger partial charge in [-0.2, -0.15) is 13.2 Å². The van der Waals surface area contributed by atoms with Gasteiger partial charge in [0.05, 0.1) is 13.2 Å². The molecule has 0 N–H and O–H groups in total. The molecule has 0 atom stereocenters. The van der Waals surface area contributed by atoms with Crippen LogP contribution in [0.5, 0.6) is 11.5 Å². The summed E-state index contributed by atoms with van der Waals surface area (Å²) in [6, 6.07) is 2.30. The third-order valence-electron chi connectivity index (χ3n) is 2.86. The summed E-state index contributed by atoms with van der Waals surface area (Å²) in [5.74, 6) is -2.29. The normalized spacial score (nSPS) is 11.5. The fourth-order valence-corrected chi connectivity index (χ4v) is 1.69. The second-order valence-electron chi connectivity index (χ2n) is 4.65. The first-order valence-electron chi connectivity index (χ1n) is 7.07. The fourth-order valence-electron chi connectivity index (χ4n) is 1.69. The van der Waals surface area contributed by atoms with E-state index in [-0.39, 0.29) is 13.2 Å². The Balaban J connectivity index is 3.02. The quantitative estimate of drug-likeness (QED) is 0.485. The molecular formula is C15H20F4O2. The molecule has 0 spiro atoms. The van der Waals surface area contributed by atoms with Crippen LogP contribution in [0, 0.1) is 5.82 Å². The molecule has 2 nitrogen and oxygen atoms in total. The summed E-state index contributed by atoms with van der Waals surface area (Å²) < 4.78 is 63.2. The molecule has 120 valence electrons. The first-order valence-corrected chi connectivity index (χ1v) is 7.07. The summed E-state index contributed by atoms with van der Waals surface area (Å²) >= 11 is 0. The fraction of sp³-hybridized carbons (Fsp3) is 0.600. The largest absolute Gasteiger partial charge is 0.493 e. The van der Waals surface area contributed by atoms with Crippen molar-refractivity contribution in [2.75, 3.05) is 13.2 Å². The lowest BCUT2D eigenvalue weighted by Crippen LogP contribution is -2.13. The van der Waals surface area contributed by atoms with Crippen molar-refractivity contribution in [3.63, 3.8) is 0 Å². The summed E-state index contributed by atoms with van der Waals surface area (Å²) in [6.07, 6.45) is -1.98. The molecule has 21 heavy (non-hydrogen) atoms. The van der Waals surface area contributed by atoms with Crippen molar-refractivity contribution in [2.24, 2.45) is 0 Å². The van der Waals surface area contributed by atoms with E-state index in [4.69, 9.17) is 9.47 Å². The van der Waals surface area contributed by atoms with E-state index in [1.165, 1.54) is 6.07 Å². The minimum absolute atomic E-state index is 0.120. The SMILES string of the molecule is CCCCOc1ccc(OCCCC)c(C(F)(F)F)c1F. The third kappa shape index (κ3) is 5.10. The van der Waals surface area contributed by atoms with Crippen LogP contribution in [0.1, 0.15) is 45.1 Å². The lowest BCUT2D eigenvalue weighted by Gasteiger charge is -2.17. The average Bonchev–Trinajstić information content (AvgIpc) is 2.40. The first-order chi connectivity index (χ1) is 9.91. The highest BCUT2D eigenvalue weighted by Gasteiger charge is 2.39. The van der Waals surface area contributed by atoms with Gasteiger partial charge in [-0.1, -0.05) is 26.7 Å². The molecule has 0 radical (unpaired) electrons. The van der Waals surface area contributed by atoms with Crippen LogP contribution in [0.3, 0.4) is 0 Å². The zero-order valence-electron chi connectivity index (χ0n) is 12.2. The monoisotopic (exact) mass is 308 g/mol. The van der Waals surface area contributed by atoms with E-state index in [0.717, 1.165) is 18.9 Å². The Morgan fingerprint density at radius 3 is 1.86 bits per heavy atom. The number of rotatable bonds is 8. The van der Waals surface area contributed by atoms with Gasteiger partial charge in [0.1, 0.15) is 11.3 Å². The van der Waals surface area contributed by atoms with Crippen molar-refractivity contribution < 1.29 is 27.0 Å². The molecule has 0 aromatic heterocycles. The van der Waals surface area contributed by atoms with Crippen molar-refractivity contribution in [1.29, 1.82) is 0 Å². The Bertz CT molecular complexity index is 444. The number of alkyl halides is 3. The third-order valence-corrected chi connectivity index (χ3v) is 2.86. The molecule has 1 rings (SSSR count). The number of halogens is 4. The highest BCUT2D eigenvalue weighted by molar-refractivity contribution is 5.43. The first kappa shape index (κ1) is 17.6. The van der Waals surface area contributed by atoms with E-state index >= 15 is 0 Å². The molecule has 0 aliphatic rings. The van der Waals surface area contributed by atoms with Gasteiger partial charge >= 0.3 is 6.18 Å². The minimum atomic E-state index is -4.82. The highest BCUT2D eigenvalue weighted by Crippen LogP contribution is 2.41. The van der Waals surface area contributed by atoms with E-state index in [0.29, 0.717) is 12.8 Å². The van der Waals surface area contributed by atoms with Gasteiger partial charge in [0.2, 0.25) is 0 Å². The Kier molecular flexibility index (Phi) is 6.78. The Morgan fingerprint density at radius 1 is 0.905 bits per heavy atom. The van der Waals surface area contributed by atoms with Gasteiger partial charge in [0.15, 0.2) is 11.6 Å². The summed E-state index contributed by atoms with van der Waals surface area (Å²) in [5, 5.41) is 0. The van der Waals surface area contributed by atoms with Crippen LogP contribution in [-0.2, 0) is 6.18 Å². The molecule has 0 amide bonds. The van der Waals surface area contributed by atoms with E-state index in [1.54, 1.807) is 0 Å². The highest BCUT2D eigenvalue weighted by atomic mass is 19.4. The second kappa shape index (κ2) is 8.10. The molecule has 1 aromatic rings. The van der Waals surface area contributed by atoms with Crippen molar-refractivity contribution in [3.05, 3.63) is 23.5 Å². The summed E-state index contributed by atoms with van der Waals surface area (Å²) in [6.45, 7) is 4.10. The van der Waals surface area contributed by atoms with Gasteiger partial charge in [-0.25, -0.2) is 4.39 Å². The number of unbranched alkanes of at least 4 members (excludes halogenated alkanes) is 2. The Morgan fingerprint density at radius 2 is 1.38 bits per heavy atom. The molecule has 0 aliphatic carbocycles. The molecule has 1 aromatic carbocycles.